The molecule has 25 heavy (non-hydrogen) atoms. The van der Waals surface area contributed by atoms with Gasteiger partial charge in [-0.1, -0.05) is 0 Å². The number of thiazole rings is 1. The molecule has 3 aromatic heterocycles. The van der Waals surface area contributed by atoms with Gasteiger partial charge in [0.25, 0.3) is 5.91 Å². The molecule has 0 saturated carbocycles. The Labute approximate surface area is 147 Å². The standard InChI is InChI=1S/C16H17N5O3S/c22-16(12-2-1-4-21-9-18-20-15(12)21)19-13-7-23-5-3-14(13)24-6-11-8-25-10-17-11/h1-2,4,8-10,13-14H,3,5-7H2,(H,19,22)/t13-,14+/m1/s1. The molecule has 8 nitrogen and oxygen atoms in total. The van der Waals surface area contributed by atoms with Crippen molar-refractivity contribution < 1.29 is 14.3 Å². The third-order valence-corrected chi connectivity index (χ3v) is 4.74. The first-order valence-electron chi connectivity index (χ1n) is 7.97. The highest BCUT2D eigenvalue weighted by molar-refractivity contribution is 7.07. The molecular formula is C16H17N5O3S. The van der Waals surface area contributed by atoms with Gasteiger partial charge in [-0.15, -0.1) is 21.5 Å². The van der Waals surface area contributed by atoms with Crippen LogP contribution in [0.4, 0.5) is 0 Å². The lowest BCUT2D eigenvalue weighted by Gasteiger charge is -2.32. The van der Waals surface area contributed by atoms with E-state index in [1.165, 1.54) is 11.3 Å². The highest BCUT2D eigenvalue weighted by Gasteiger charge is 2.29. The molecule has 0 radical (unpaired) electrons. The highest BCUT2D eigenvalue weighted by atomic mass is 32.1. The zero-order valence-corrected chi connectivity index (χ0v) is 14.2. The van der Waals surface area contributed by atoms with E-state index in [9.17, 15) is 4.79 Å². The van der Waals surface area contributed by atoms with Crippen molar-refractivity contribution >= 4 is 22.9 Å². The van der Waals surface area contributed by atoms with Crippen LogP contribution in [0, 0.1) is 0 Å². The van der Waals surface area contributed by atoms with Gasteiger partial charge in [-0.2, -0.15) is 0 Å². The first kappa shape index (κ1) is 16.1. The predicted molar refractivity (Wildman–Crippen MR) is 90.4 cm³/mol. The summed E-state index contributed by atoms with van der Waals surface area (Å²) in [7, 11) is 0. The van der Waals surface area contributed by atoms with E-state index in [1.54, 1.807) is 34.6 Å². The summed E-state index contributed by atoms with van der Waals surface area (Å²) in [6.45, 7) is 1.47. The molecule has 1 N–H and O–H groups in total. The predicted octanol–water partition coefficient (Wildman–Crippen LogP) is 1.29. The van der Waals surface area contributed by atoms with E-state index in [1.807, 2.05) is 5.38 Å². The second kappa shape index (κ2) is 7.26. The fourth-order valence-corrected chi connectivity index (χ4v) is 3.37. The van der Waals surface area contributed by atoms with Gasteiger partial charge in [0.15, 0.2) is 5.65 Å². The summed E-state index contributed by atoms with van der Waals surface area (Å²) in [6, 6.07) is 3.30. The SMILES string of the molecule is O=C(N[C@@H]1COCC[C@@H]1OCc1cscn1)c1cccn2cnnc12. The van der Waals surface area contributed by atoms with Gasteiger partial charge in [0.05, 0.1) is 42.1 Å². The van der Waals surface area contributed by atoms with Crippen molar-refractivity contribution in [3.63, 3.8) is 0 Å². The molecule has 4 rings (SSSR count). The molecule has 130 valence electrons. The van der Waals surface area contributed by atoms with Crippen LogP contribution in [0.2, 0.25) is 0 Å². The zero-order chi connectivity index (χ0) is 17.1. The summed E-state index contributed by atoms with van der Waals surface area (Å²) in [4.78, 5) is 16.9. The van der Waals surface area contributed by atoms with Crippen molar-refractivity contribution in [2.45, 2.75) is 25.2 Å². The topological polar surface area (TPSA) is 90.6 Å². The average molecular weight is 359 g/mol. The van der Waals surface area contributed by atoms with Crippen molar-refractivity contribution in [1.82, 2.24) is 24.9 Å². The summed E-state index contributed by atoms with van der Waals surface area (Å²) in [6.07, 6.45) is 3.98. The summed E-state index contributed by atoms with van der Waals surface area (Å²) in [5.74, 6) is -0.212. The quantitative estimate of drug-likeness (QED) is 0.738. The minimum Gasteiger partial charge on any atom is -0.379 e. The third kappa shape index (κ3) is 3.53. The lowest BCUT2D eigenvalue weighted by molar-refractivity contribution is -0.0611. The van der Waals surface area contributed by atoms with Crippen LogP contribution in [0.25, 0.3) is 5.65 Å². The van der Waals surface area contributed by atoms with Crippen LogP contribution in [-0.4, -0.2) is 50.8 Å². The largest absolute Gasteiger partial charge is 0.379 e. The van der Waals surface area contributed by atoms with Crippen LogP contribution in [-0.2, 0) is 16.1 Å². The average Bonchev–Trinajstić information content (AvgIpc) is 3.32. The number of ether oxygens (including phenoxy) is 2. The molecule has 1 fully saturated rings. The van der Waals surface area contributed by atoms with Gasteiger partial charge in [0.1, 0.15) is 6.33 Å². The maximum atomic E-state index is 12.7. The molecule has 3 aromatic rings. The molecule has 1 aliphatic heterocycles. The van der Waals surface area contributed by atoms with Crippen LogP contribution in [0.5, 0.6) is 0 Å². The smallest absolute Gasteiger partial charge is 0.255 e. The second-order valence-electron chi connectivity index (χ2n) is 5.76. The Morgan fingerprint density at radius 3 is 3.36 bits per heavy atom. The number of nitrogens with one attached hydrogen (secondary N) is 1. The molecule has 1 amide bonds. The van der Waals surface area contributed by atoms with Crippen molar-refractivity contribution in [1.29, 1.82) is 0 Å². The summed E-state index contributed by atoms with van der Waals surface area (Å²) >= 11 is 1.54. The van der Waals surface area contributed by atoms with Gasteiger partial charge < -0.3 is 14.8 Å². The van der Waals surface area contributed by atoms with Crippen LogP contribution in [0.15, 0.2) is 35.5 Å². The van der Waals surface area contributed by atoms with Gasteiger partial charge in [-0.05, 0) is 18.6 Å². The Morgan fingerprint density at radius 1 is 1.52 bits per heavy atom. The first-order valence-corrected chi connectivity index (χ1v) is 8.91. The number of nitrogens with zero attached hydrogens (tertiary/aromatic N) is 4. The van der Waals surface area contributed by atoms with Crippen molar-refractivity contribution in [3.8, 4) is 0 Å². The van der Waals surface area contributed by atoms with E-state index in [-0.39, 0.29) is 18.1 Å². The summed E-state index contributed by atoms with van der Waals surface area (Å²) in [5.41, 5.74) is 3.68. The Balaban J connectivity index is 1.45. The molecule has 4 heterocycles. The Kier molecular flexibility index (Phi) is 4.68. The lowest BCUT2D eigenvalue weighted by Crippen LogP contribution is -2.50. The fraction of sp³-hybridized carbons (Fsp3) is 0.375. The van der Waals surface area contributed by atoms with Gasteiger partial charge in [-0.3, -0.25) is 9.20 Å². The van der Waals surface area contributed by atoms with E-state index in [0.717, 1.165) is 12.1 Å². The van der Waals surface area contributed by atoms with E-state index < -0.39 is 0 Å². The van der Waals surface area contributed by atoms with E-state index in [4.69, 9.17) is 9.47 Å². The van der Waals surface area contributed by atoms with Crippen LogP contribution < -0.4 is 5.32 Å². The van der Waals surface area contributed by atoms with Gasteiger partial charge in [0, 0.05) is 18.2 Å². The zero-order valence-electron chi connectivity index (χ0n) is 13.4. The number of pyridine rings is 1. The van der Waals surface area contributed by atoms with Crippen molar-refractivity contribution in [2.75, 3.05) is 13.2 Å². The molecule has 0 unspecified atom stereocenters. The molecular weight excluding hydrogens is 342 g/mol. The number of fused-ring (bicyclic) bond motifs is 1. The molecule has 2 atom stereocenters. The van der Waals surface area contributed by atoms with Crippen LogP contribution in [0.3, 0.4) is 0 Å². The fourth-order valence-electron chi connectivity index (χ4n) is 2.83. The van der Waals surface area contributed by atoms with E-state index in [2.05, 4.69) is 20.5 Å². The monoisotopic (exact) mass is 359 g/mol. The molecule has 1 saturated heterocycles. The normalized spacial score (nSPS) is 20.6. The molecule has 0 aromatic carbocycles. The number of rotatable bonds is 5. The van der Waals surface area contributed by atoms with Crippen molar-refractivity contribution in [3.05, 3.63) is 46.8 Å². The van der Waals surface area contributed by atoms with Gasteiger partial charge in [-0.25, -0.2) is 4.98 Å². The molecule has 0 spiro atoms. The van der Waals surface area contributed by atoms with E-state index >= 15 is 0 Å². The van der Waals surface area contributed by atoms with Gasteiger partial charge in [0.2, 0.25) is 0 Å². The number of aromatic nitrogens is 4. The Hall–Kier alpha value is -2.36. The van der Waals surface area contributed by atoms with Crippen LogP contribution >= 0.6 is 11.3 Å². The maximum Gasteiger partial charge on any atom is 0.255 e. The summed E-state index contributed by atoms with van der Waals surface area (Å²) < 4.78 is 13.2. The number of carbonyl (C=O) groups is 1. The third-order valence-electron chi connectivity index (χ3n) is 4.11. The first-order chi connectivity index (χ1) is 12.3. The maximum absolute atomic E-state index is 12.7. The molecule has 9 heteroatoms. The highest BCUT2D eigenvalue weighted by Crippen LogP contribution is 2.16. The van der Waals surface area contributed by atoms with E-state index in [0.29, 0.717) is 31.0 Å². The minimum absolute atomic E-state index is 0.114. The Bertz CT molecular complexity index is 850. The van der Waals surface area contributed by atoms with Gasteiger partial charge >= 0.3 is 0 Å². The molecule has 0 aliphatic carbocycles. The Morgan fingerprint density at radius 2 is 2.48 bits per heavy atom. The number of carbonyl (C=O) groups excluding carboxylic acids is 1. The number of hydrogen-bond donors (Lipinski definition) is 1. The van der Waals surface area contributed by atoms with Crippen molar-refractivity contribution in [2.24, 2.45) is 0 Å². The summed E-state index contributed by atoms with van der Waals surface area (Å²) in [5, 5.41) is 12.8. The molecule has 1 aliphatic rings. The molecule has 0 bridgehead atoms. The lowest BCUT2D eigenvalue weighted by atomic mass is 10.1. The van der Waals surface area contributed by atoms with Crippen LogP contribution in [0.1, 0.15) is 22.5 Å². The number of hydrogen-bond acceptors (Lipinski definition) is 7. The second-order valence-corrected chi connectivity index (χ2v) is 6.48. The minimum atomic E-state index is -0.219. The number of amides is 1.